The zero-order valence-corrected chi connectivity index (χ0v) is 14.4. The number of halogens is 2. The van der Waals surface area contributed by atoms with Gasteiger partial charge in [-0.25, -0.2) is 0 Å². The molecule has 0 aliphatic carbocycles. The Bertz CT molecular complexity index is 534. The number of amides is 1. The lowest BCUT2D eigenvalue weighted by Gasteiger charge is -2.32. The van der Waals surface area contributed by atoms with Gasteiger partial charge in [0.2, 0.25) is 0 Å². The van der Waals surface area contributed by atoms with E-state index in [1.54, 1.807) is 23.6 Å². The van der Waals surface area contributed by atoms with Crippen LogP contribution in [0.3, 0.4) is 0 Å². The minimum atomic E-state index is -0.0270. The number of rotatable bonds is 6. The molecule has 1 aromatic carbocycles. The van der Waals surface area contributed by atoms with E-state index in [-0.39, 0.29) is 12.5 Å². The van der Waals surface area contributed by atoms with E-state index in [1.807, 2.05) is 4.90 Å². The SMILES string of the molecule is C=CSNC1CCN(C(=O)COc2ccc(Cl)cc2Cl)CC1. The Labute approximate surface area is 144 Å². The van der Waals surface area contributed by atoms with Crippen LogP contribution >= 0.6 is 35.1 Å². The quantitative estimate of drug-likeness (QED) is 0.784. The van der Waals surface area contributed by atoms with Crippen LogP contribution in [0.2, 0.25) is 10.0 Å². The average molecular weight is 361 g/mol. The summed E-state index contributed by atoms with van der Waals surface area (Å²) in [6, 6.07) is 5.36. The summed E-state index contributed by atoms with van der Waals surface area (Å²) in [5.41, 5.74) is 0. The summed E-state index contributed by atoms with van der Waals surface area (Å²) in [5.74, 6) is 0.444. The molecule has 2 rings (SSSR count). The van der Waals surface area contributed by atoms with Gasteiger partial charge in [-0.2, -0.15) is 0 Å². The summed E-state index contributed by atoms with van der Waals surface area (Å²) >= 11 is 13.3. The monoisotopic (exact) mass is 360 g/mol. The van der Waals surface area contributed by atoms with E-state index in [1.165, 1.54) is 11.9 Å². The number of carbonyl (C=O) groups is 1. The van der Waals surface area contributed by atoms with Crippen LogP contribution in [-0.2, 0) is 4.79 Å². The smallest absolute Gasteiger partial charge is 0.260 e. The number of nitrogens with zero attached hydrogens (tertiary/aromatic N) is 1. The number of carbonyl (C=O) groups excluding carboxylic acids is 1. The van der Waals surface area contributed by atoms with Crippen LogP contribution in [0.1, 0.15) is 12.8 Å². The molecule has 7 heteroatoms. The summed E-state index contributed by atoms with van der Waals surface area (Å²) in [5, 5.41) is 2.71. The summed E-state index contributed by atoms with van der Waals surface area (Å²) in [6.45, 7) is 5.10. The molecular formula is C15H18Cl2N2O2S. The largest absolute Gasteiger partial charge is 0.482 e. The highest BCUT2D eigenvalue weighted by molar-refractivity contribution is 8.00. The third-order valence-electron chi connectivity index (χ3n) is 3.41. The van der Waals surface area contributed by atoms with E-state index in [4.69, 9.17) is 27.9 Å². The third kappa shape index (κ3) is 5.09. The van der Waals surface area contributed by atoms with Gasteiger partial charge in [0.05, 0.1) is 5.02 Å². The number of hydrogen-bond donors (Lipinski definition) is 1. The highest BCUT2D eigenvalue weighted by Gasteiger charge is 2.22. The predicted octanol–water partition coefficient (Wildman–Crippen LogP) is 3.74. The minimum absolute atomic E-state index is 0.0130. The van der Waals surface area contributed by atoms with Crippen molar-refractivity contribution in [2.24, 2.45) is 0 Å². The lowest BCUT2D eigenvalue weighted by molar-refractivity contribution is -0.134. The molecule has 1 aromatic rings. The maximum absolute atomic E-state index is 12.2. The molecule has 0 unspecified atom stereocenters. The number of hydrogen-bond acceptors (Lipinski definition) is 4. The second kappa shape index (κ2) is 8.67. The van der Waals surface area contributed by atoms with Crippen molar-refractivity contribution in [1.29, 1.82) is 0 Å². The van der Waals surface area contributed by atoms with Crippen molar-refractivity contribution in [3.05, 3.63) is 40.2 Å². The Balaban J connectivity index is 1.77. The van der Waals surface area contributed by atoms with E-state index < -0.39 is 0 Å². The van der Waals surface area contributed by atoms with Crippen molar-refractivity contribution in [2.75, 3.05) is 19.7 Å². The molecule has 1 amide bonds. The summed E-state index contributed by atoms with van der Waals surface area (Å²) in [4.78, 5) is 14.0. The first-order valence-electron chi connectivity index (χ1n) is 6.98. The molecular weight excluding hydrogens is 343 g/mol. The Morgan fingerprint density at radius 2 is 2.18 bits per heavy atom. The number of benzene rings is 1. The molecule has 0 bridgehead atoms. The molecule has 1 heterocycles. The highest BCUT2D eigenvalue weighted by Crippen LogP contribution is 2.27. The van der Waals surface area contributed by atoms with Gasteiger partial charge in [0.1, 0.15) is 5.75 Å². The van der Waals surface area contributed by atoms with Crippen LogP contribution in [0.4, 0.5) is 0 Å². The Morgan fingerprint density at radius 3 is 2.82 bits per heavy atom. The number of ether oxygens (including phenoxy) is 1. The van der Waals surface area contributed by atoms with Crippen LogP contribution in [0.15, 0.2) is 30.2 Å². The van der Waals surface area contributed by atoms with Crippen molar-refractivity contribution >= 4 is 41.1 Å². The molecule has 0 aromatic heterocycles. The minimum Gasteiger partial charge on any atom is -0.482 e. The third-order valence-corrected chi connectivity index (χ3v) is 4.58. The fourth-order valence-electron chi connectivity index (χ4n) is 2.21. The van der Waals surface area contributed by atoms with Crippen LogP contribution in [-0.4, -0.2) is 36.5 Å². The molecule has 1 N–H and O–H groups in total. The van der Waals surface area contributed by atoms with E-state index in [0.717, 1.165) is 25.9 Å². The molecule has 1 aliphatic rings. The Morgan fingerprint density at radius 1 is 1.45 bits per heavy atom. The van der Waals surface area contributed by atoms with E-state index in [0.29, 0.717) is 21.8 Å². The maximum Gasteiger partial charge on any atom is 0.260 e. The Hall–Kier alpha value is -0.880. The molecule has 22 heavy (non-hydrogen) atoms. The molecule has 1 aliphatic heterocycles. The predicted molar refractivity (Wildman–Crippen MR) is 92.5 cm³/mol. The molecule has 0 atom stereocenters. The zero-order chi connectivity index (χ0) is 15.9. The second-order valence-electron chi connectivity index (χ2n) is 4.92. The van der Waals surface area contributed by atoms with Gasteiger partial charge in [0, 0.05) is 24.2 Å². The number of piperidine rings is 1. The van der Waals surface area contributed by atoms with Gasteiger partial charge in [-0.15, -0.1) is 0 Å². The first-order valence-corrected chi connectivity index (χ1v) is 8.61. The van der Waals surface area contributed by atoms with E-state index in [9.17, 15) is 4.79 Å². The van der Waals surface area contributed by atoms with E-state index >= 15 is 0 Å². The van der Waals surface area contributed by atoms with Gasteiger partial charge < -0.3 is 9.64 Å². The van der Waals surface area contributed by atoms with Gasteiger partial charge in [-0.05, 0) is 36.4 Å². The Kier molecular flexibility index (Phi) is 6.89. The van der Waals surface area contributed by atoms with E-state index in [2.05, 4.69) is 11.3 Å². The number of nitrogens with one attached hydrogen (secondary N) is 1. The summed E-state index contributed by atoms with van der Waals surface area (Å²) in [6.07, 6.45) is 1.85. The van der Waals surface area contributed by atoms with Crippen LogP contribution in [0.5, 0.6) is 5.75 Å². The van der Waals surface area contributed by atoms with Crippen molar-refractivity contribution in [3.8, 4) is 5.75 Å². The van der Waals surface area contributed by atoms with Crippen LogP contribution in [0, 0.1) is 0 Å². The fraction of sp³-hybridized carbons (Fsp3) is 0.400. The normalized spacial score (nSPS) is 15.6. The van der Waals surface area contributed by atoms with Gasteiger partial charge in [-0.3, -0.25) is 9.52 Å². The molecule has 0 radical (unpaired) electrons. The molecule has 1 saturated heterocycles. The molecule has 1 fully saturated rings. The summed E-state index contributed by atoms with van der Waals surface area (Å²) in [7, 11) is 0. The maximum atomic E-state index is 12.2. The topological polar surface area (TPSA) is 41.6 Å². The lowest BCUT2D eigenvalue weighted by atomic mass is 10.1. The van der Waals surface area contributed by atoms with Gasteiger partial charge in [0.15, 0.2) is 6.61 Å². The highest BCUT2D eigenvalue weighted by atomic mass is 35.5. The first-order chi connectivity index (χ1) is 10.6. The van der Waals surface area contributed by atoms with Crippen molar-refractivity contribution < 1.29 is 9.53 Å². The molecule has 0 spiro atoms. The summed E-state index contributed by atoms with van der Waals surface area (Å²) < 4.78 is 8.78. The van der Waals surface area contributed by atoms with Crippen molar-refractivity contribution in [3.63, 3.8) is 0 Å². The zero-order valence-electron chi connectivity index (χ0n) is 12.1. The first kappa shape index (κ1) is 17.5. The van der Waals surface area contributed by atoms with Crippen LogP contribution in [0.25, 0.3) is 0 Å². The molecule has 4 nitrogen and oxygen atoms in total. The fourth-order valence-corrected chi connectivity index (χ4v) is 3.20. The second-order valence-corrected chi connectivity index (χ2v) is 6.57. The number of likely N-dealkylation sites (tertiary alicyclic amines) is 1. The van der Waals surface area contributed by atoms with Crippen molar-refractivity contribution in [2.45, 2.75) is 18.9 Å². The van der Waals surface area contributed by atoms with Gasteiger partial charge >= 0.3 is 0 Å². The van der Waals surface area contributed by atoms with Crippen molar-refractivity contribution in [1.82, 2.24) is 9.62 Å². The molecule has 0 saturated carbocycles. The standard InChI is InChI=1S/C15H18Cl2N2O2S/c1-2-22-18-12-5-7-19(8-6-12)15(20)10-21-14-4-3-11(16)9-13(14)17/h2-4,9,12,18H,1,5-8,10H2. The van der Waals surface area contributed by atoms with Gasteiger partial charge in [-0.1, -0.05) is 41.7 Å². The van der Waals surface area contributed by atoms with Gasteiger partial charge in [0.25, 0.3) is 5.91 Å². The lowest BCUT2D eigenvalue weighted by Crippen LogP contribution is -2.45. The molecule has 120 valence electrons. The average Bonchev–Trinajstić information content (AvgIpc) is 2.52. The van der Waals surface area contributed by atoms with Crippen LogP contribution < -0.4 is 9.46 Å².